The number of hydrogen-bond acceptors (Lipinski definition) is 5. The Morgan fingerprint density at radius 3 is 2.90 bits per heavy atom. The number of nitrogens with two attached hydrogens (primary N) is 1. The van der Waals surface area contributed by atoms with Crippen molar-refractivity contribution < 1.29 is 13.9 Å². The Bertz CT molecular complexity index is 554. The molecule has 2 rings (SSSR count). The minimum atomic E-state index is -0.688. The second kappa shape index (κ2) is 6.83. The second-order valence-corrected chi connectivity index (χ2v) is 4.27. The zero-order valence-electron chi connectivity index (χ0n) is 11.2. The lowest BCUT2D eigenvalue weighted by molar-refractivity contribution is -0.123. The largest absolute Gasteiger partial charge is 0.443 e. The van der Waals surface area contributed by atoms with Gasteiger partial charge >= 0.3 is 0 Å². The number of oxazole rings is 1. The number of hydrogen-bond donors (Lipinski definition) is 2. The summed E-state index contributed by atoms with van der Waals surface area (Å²) in [6.45, 7) is 0.438. The average molecular weight is 275 g/mol. The smallest absolute Gasteiger partial charge is 0.239 e. The van der Waals surface area contributed by atoms with Gasteiger partial charge < -0.3 is 20.2 Å². The summed E-state index contributed by atoms with van der Waals surface area (Å²) >= 11 is 0. The molecule has 2 aromatic rings. The molecule has 0 aliphatic rings. The Morgan fingerprint density at radius 1 is 1.45 bits per heavy atom. The zero-order chi connectivity index (χ0) is 14.4. The fourth-order valence-electron chi connectivity index (χ4n) is 1.78. The van der Waals surface area contributed by atoms with Crippen LogP contribution in [0.1, 0.15) is 5.69 Å². The van der Waals surface area contributed by atoms with Crippen molar-refractivity contribution in [3.63, 3.8) is 0 Å². The van der Waals surface area contributed by atoms with E-state index in [-0.39, 0.29) is 19.1 Å². The van der Waals surface area contributed by atoms with Gasteiger partial charge in [0.15, 0.2) is 12.2 Å². The minimum Gasteiger partial charge on any atom is -0.443 e. The predicted octanol–water partition coefficient (Wildman–Crippen LogP) is 0.932. The van der Waals surface area contributed by atoms with Crippen molar-refractivity contribution in [2.24, 2.45) is 5.73 Å². The van der Waals surface area contributed by atoms with E-state index in [1.54, 1.807) is 0 Å². The van der Waals surface area contributed by atoms with Gasteiger partial charge in [-0.25, -0.2) is 4.98 Å². The summed E-state index contributed by atoms with van der Waals surface area (Å²) in [6.07, 6.45) is 1.36. The first kappa shape index (κ1) is 14.2. The molecule has 0 aliphatic heterocycles. The van der Waals surface area contributed by atoms with Gasteiger partial charge in [-0.3, -0.25) is 4.79 Å². The lowest BCUT2D eigenvalue weighted by Gasteiger charge is -2.10. The monoisotopic (exact) mass is 275 g/mol. The zero-order valence-corrected chi connectivity index (χ0v) is 11.2. The van der Waals surface area contributed by atoms with Crippen LogP contribution in [0.25, 0.3) is 11.3 Å². The first-order valence-electron chi connectivity index (χ1n) is 6.22. The fourth-order valence-corrected chi connectivity index (χ4v) is 1.78. The van der Waals surface area contributed by atoms with Crippen molar-refractivity contribution >= 4 is 5.91 Å². The standard InChI is InChI=1S/C14H17N3O3/c1-19-8-11(15)14(18)16-7-12-13(20-9-17-12)10-5-3-2-4-6-10/h2-6,9,11H,7-8,15H2,1H3,(H,16,18). The summed E-state index contributed by atoms with van der Waals surface area (Å²) in [5.41, 5.74) is 7.21. The van der Waals surface area contributed by atoms with Crippen molar-refractivity contribution in [1.82, 2.24) is 10.3 Å². The molecular weight excluding hydrogens is 258 g/mol. The highest BCUT2D eigenvalue weighted by Gasteiger charge is 2.15. The number of aromatic nitrogens is 1. The first-order chi connectivity index (χ1) is 9.72. The number of benzene rings is 1. The van der Waals surface area contributed by atoms with Crippen molar-refractivity contribution in [1.29, 1.82) is 0 Å². The van der Waals surface area contributed by atoms with Gasteiger partial charge in [0.2, 0.25) is 5.91 Å². The van der Waals surface area contributed by atoms with Gasteiger partial charge in [-0.05, 0) is 0 Å². The molecule has 1 atom stereocenters. The van der Waals surface area contributed by atoms with Crippen molar-refractivity contribution in [2.75, 3.05) is 13.7 Å². The number of carbonyl (C=O) groups is 1. The van der Waals surface area contributed by atoms with Crippen LogP contribution >= 0.6 is 0 Å². The van der Waals surface area contributed by atoms with Gasteiger partial charge in [0.25, 0.3) is 0 Å². The number of nitrogens with one attached hydrogen (secondary N) is 1. The van der Waals surface area contributed by atoms with Crippen LogP contribution in [-0.4, -0.2) is 30.6 Å². The van der Waals surface area contributed by atoms with E-state index in [1.807, 2.05) is 30.3 Å². The lowest BCUT2D eigenvalue weighted by Crippen LogP contribution is -2.43. The Hall–Kier alpha value is -2.18. The van der Waals surface area contributed by atoms with Crippen molar-refractivity contribution in [2.45, 2.75) is 12.6 Å². The third-order valence-corrected chi connectivity index (χ3v) is 2.79. The molecule has 0 radical (unpaired) electrons. The summed E-state index contributed by atoms with van der Waals surface area (Å²) in [7, 11) is 1.50. The number of ether oxygens (including phenoxy) is 1. The maximum atomic E-state index is 11.7. The van der Waals surface area contributed by atoms with E-state index in [0.717, 1.165) is 5.56 Å². The molecule has 106 valence electrons. The van der Waals surface area contributed by atoms with E-state index < -0.39 is 6.04 Å². The normalized spacial score (nSPS) is 12.1. The predicted molar refractivity (Wildman–Crippen MR) is 73.6 cm³/mol. The quantitative estimate of drug-likeness (QED) is 0.818. The fraction of sp³-hybridized carbons (Fsp3) is 0.286. The van der Waals surface area contributed by atoms with Crippen LogP contribution in [0.15, 0.2) is 41.1 Å². The van der Waals surface area contributed by atoms with Crippen LogP contribution in [0.3, 0.4) is 0 Å². The molecule has 6 heteroatoms. The minimum absolute atomic E-state index is 0.177. The Kier molecular flexibility index (Phi) is 4.86. The van der Waals surface area contributed by atoms with Gasteiger partial charge in [-0.2, -0.15) is 0 Å². The van der Waals surface area contributed by atoms with Crippen molar-refractivity contribution in [3.8, 4) is 11.3 Å². The van der Waals surface area contributed by atoms with E-state index >= 15 is 0 Å². The van der Waals surface area contributed by atoms with Gasteiger partial charge in [-0.1, -0.05) is 30.3 Å². The molecule has 0 fully saturated rings. The van der Waals surface area contributed by atoms with Gasteiger partial charge in [-0.15, -0.1) is 0 Å². The maximum Gasteiger partial charge on any atom is 0.239 e. The van der Waals surface area contributed by atoms with Gasteiger partial charge in [0, 0.05) is 12.7 Å². The number of carbonyl (C=O) groups excluding carboxylic acids is 1. The molecule has 1 amide bonds. The first-order valence-corrected chi connectivity index (χ1v) is 6.22. The van der Waals surface area contributed by atoms with Crippen molar-refractivity contribution in [3.05, 3.63) is 42.4 Å². The van der Waals surface area contributed by atoms with Gasteiger partial charge in [0.1, 0.15) is 11.7 Å². The molecule has 1 aromatic heterocycles. The SMILES string of the molecule is COCC(N)C(=O)NCc1ncoc1-c1ccccc1. The molecule has 0 saturated carbocycles. The van der Waals surface area contributed by atoms with Gasteiger partial charge in [0.05, 0.1) is 13.2 Å². The molecule has 3 N–H and O–H groups in total. The molecule has 1 unspecified atom stereocenters. The summed E-state index contributed by atoms with van der Waals surface area (Å²) in [5, 5.41) is 2.71. The van der Waals surface area contributed by atoms with E-state index in [0.29, 0.717) is 11.5 Å². The Morgan fingerprint density at radius 2 is 2.20 bits per heavy atom. The molecule has 0 spiro atoms. The van der Waals surface area contributed by atoms with E-state index in [9.17, 15) is 4.79 Å². The Labute approximate surface area is 116 Å². The molecular formula is C14H17N3O3. The molecule has 0 saturated heterocycles. The van der Waals surface area contributed by atoms with Crippen LogP contribution in [0.4, 0.5) is 0 Å². The Balaban J connectivity index is 2.01. The highest BCUT2D eigenvalue weighted by Crippen LogP contribution is 2.22. The number of nitrogens with zero attached hydrogens (tertiary/aromatic N) is 1. The summed E-state index contributed by atoms with van der Waals surface area (Å²) in [4.78, 5) is 15.8. The molecule has 0 bridgehead atoms. The van der Waals surface area contributed by atoms with Crippen LogP contribution in [0.5, 0.6) is 0 Å². The van der Waals surface area contributed by atoms with E-state index in [2.05, 4.69) is 10.3 Å². The molecule has 1 heterocycles. The second-order valence-electron chi connectivity index (χ2n) is 4.27. The molecule has 6 nitrogen and oxygen atoms in total. The highest BCUT2D eigenvalue weighted by molar-refractivity contribution is 5.81. The van der Waals surface area contributed by atoms with Crippen LogP contribution in [-0.2, 0) is 16.1 Å². The number of methoxy groups -OCH3 is 1. The molecule has 0 aliphatic carbocycles. The average Bonchev–Trinajstić information content (AvgIpc) is 2.94. The topological polar surface area (TPSA) is 90.4 Å². The van der Waals surface area contributed by atoms with Crippen LogP contribution < -0.4 is 11.1 Å². The van der Waals surface area contributed by atoms with Crippen LogP contribution in [0.2, 0.25) is 0 Å². The maximum absolute atomic E-state index is 11.7. The number of amides is 1. The van der Waals surface area contributed by atoms with E-state index in [1.165, 1.54) is 13.5 Å². The molecule has 1 aromatic carbocycles. The summed E-state index contributed by atoms with van der Waals surface area (Å²) in [5.74, 6) is 0.361. The third kappa shape index (κ3) is 3.43. The van der Waals surface area contributed by atoms with Crippen LogP contribution in [0, 0.1) is 0 Å². The van der Waals surface area contributed by atoms with E-state index in [4.69, 9.17) is 14.9 Å². The summed E-state index contributed by atoms with van der Waals surface area (Å²) < 4.78 is 10.2. The third-order valence-electron chi connectivity index (χ3n) is 2.79. The number of rotatable bonds is 6. The highest BCUT2D eigenvalue weighted by atomic mass is 16.5. The summed E-state index contributed by atoms with van der Waals surface area (Å²) in [6, 6.07) is 8.89. The lowest BCUT2D eigenvalue weighted by atomic mass is 10.1. The molecule has 20 heavy (non-hydrogen) atoms.